The van der Waals surface area contributed by atoms with Crippen molar-refractivity contribution < 1.29 is 4.74 Å². The molecular weight excluding hydrogens is 342 g/mol. The van der Waals surface area contributed by atoms with E-state index in [0.29, 0.717) is 0 Å². The van der Waals surface area contributed by atoms with Gasteiger partial charge in [-0.25, -0.2) is 0 Å². The van der Waals surface area contributed by atoms with Crippen molar-refractivity contribution in [3.8, 4) is 5.75 Å². The maximum absolute atomic E-state index is 8.07. The molecule has 26 heavy (non-hydrogen) atoms. The Morgan fingerprint density at radius 3 is 2.50 bits per heavy atom. The van der Waals surface area contributed by atoms with Crippen LogP contribution in [0.3, 0.4) is 0 Å². The number of aryl methyl sites for hydroxylation is 2. The molecular formula is C21H28N3OS+. The second-order valence-electron chi connectivity index (χ2n) is 6.42. The normalized spacial score (nSPS) is 11.7. The third-order valence-corrected chi connectivity index (χ3v) is 4.62. The van der Waals surface area contributed by atoms with Gasteiger partial charge in [0.25, 0.3) is 0 Å². The fraction of sp³-hybridized carbons (Fsp3) is 0.333. The predicted molar refractivity (Wildman–Crippen MR) is 114 cm³/mol. The first kappa shape index (κ1) is 20.2. The summed E-state index contributed by atoms with van der Waals surface area (Å²) < 4.78 is 5.83. The summed E-state index contributed by atoms with van der Waals surface area (Å²) >= 11 is 3.39. The highest BCUT2D eigenvalue weighted by Gasteiger charge is 2.12. The highest BCUT2D eigenvalue weighted by atomic mass is 32.1. The van der Waals surface area contributed by atoms with E-state index < -0.39 is 0 Å². The predicted octanol–water partition coefficient (Wildman–Crippen LogP) is 3.57. The summed E-state index contributed by atoms with van der Waals surface area (Å²) in [5, 5.41) is 8.34. The van der Waals surface area contributed by atoms with Crippen molar-refractivity contribution in [3.05, 3.63) is 64.7 Å². The van der Waals surface area contributed by atoms with E-state index in [-0.39, 0.29) is 11.1 Å². The van der Waals surface area contributed by atoms with Gasteiger partial charge < -0.3 is 9.64 Å². The van der Waals surface area contributed by atoms with Crippen LogP contribution in [0.2, 0.25) is 0 Å². The average molecular weight is 371 g/mol. The number of ether oxygens (including phenoxy) is 1. The summed E-state index contributed by atoms with van der Waals surface area (Å²) in [6, 6.07) is 13.6. The summed E-state index contributed by atoms with van der Waals surface area (Å²) in [5.41, 5.74) is 4.34. The highest BCUT2D eigenvalue weighted by Crippen LogP contribution is 2.23. The number of aliphatic imine (C=N–C) groups is 1. The summed E-state index contributed by atoms with van der Waals surface area (Å²) in [4.78, 5) is 6.49. The first-order valence-electron chi connectivity index (χ1n) is 8.81. The smallest absolute Gasteiger partial charge is 0.402 e. The Labute approximate surface area is 161 Å². The second-order valence-corrected chi connectivity index (χ2v) is 6.85. The zero-order chi connectivity index (χ0) is 19.1. The van der Waals surface area contributed by atoms with E-state index in [1.807, 2.05) is 43.3 Å². The van der Waals surface area contributed by atoms with Crippen molar-refractivity contribution in [1.82, 2.24) is 4.90 Å². The molecule has 0 spiro atoms. The molecule has 0 aliphatic heterocycles. The molecule has 0 amide bonds. The van der Waals surface area contributed by atoms with Crippen LogP contribution in [-0.4, -0.2) is 36.1 Å². The van der Waals surface area contributed by atoms with E-state index in [2.05, 4.69) is 49.5 Å². The van der Waals surface area contributed by atoms with Crippen LogP contribution in [-0.2, 0) is 19.0 Å². The first-order chi connectivity index (χ1) is 12.4. The van der Waals surface area contributed by atoms with Gasteiger partial charge >= 0.3 is 5.23 Å². The van der Waals surface area contributed by atoms with Crippen LogP contribution in [0.1, 0.15) is 29.2 Å². The van der Waals surface area contributed by atoms with Crippen LogP contribution < -0.4 is 4.74 Å². The molecule has 1 N–H and O–H groups in total. The third kappa shape index (κ3) is 5.71. The molecule has 0 saturated heterocycles. The fourth-order valence-corrected chi connectivity index (χ4v) is 2.81. The first-order valence-corrected chi connectivity index (χ1v) is 9.31. The topological polar surface area (TPSA) is 48.7 Å². The minimum absolute atomic E-state index is 0.157. The molecule has 0 radical (unpaired) electrons. The lowest BCUT2D eigenvalue weighted by Crippen LogP contribution is -2.20. The quantitative estimate of drug-likeness (QED) is 0.480. The van der Waals surface area contributed by atoms with Gasteiger partial charge in [0.2, 0.25) is 0 Å². The summed E-state index contributed by atoms with van der Waals surface area (Å²) in [6.45, 7) is 8.39. The van der Waals surface area contributed by atoms with Gasteiger partial charge in [0.05, 0.1) is 12.6 Å². The van der Waals surface area contributed by atoms with Crippen LogP contribution in [0.25, 0.3) is 0 Å². The third-order valence-electron chi connectivity index (χ3n) is 4.40. The molecule has 4 nitrogen and oxygen atoms in total. The van der Waals surface area contributed by atoms with Crippen molar-refractivity contribution in [2.24, 2.45) is 4.99 Å². The van der Waals surface area contributed by atoms with Gasteiger partial charge in [-0.15, -0.1) is 4.99 Å². The Balaban J connectivity index is 2.10. The maximum atomic E-state index is 8.07. The number of likely N-dealkylation sites (N-methyl/N-ethyl adjacent to an activating group) is 1. The number of nitrogens with one attached hydrogen (secondary N) is 1. The molecule has 5 heteroatoms. The van der Waals surface area contributed by atoms with Crippen LogP contribution in [0, 0.1) is 19.3 Å². The molecule has 0 saturated carbocycles. The summed E-state index contributed by atoms with van der Waals surface area (Å²) in [7, 11) is 2.13. The molecule has 138 valence electrons. The second kappa shape index (κ2) is 9.55. The SMILES string of the molecule is CCN(C)CCc1cc(C)c(OC([SH2+])=NC(=N)c2ccccc2)cc1C. The average Bonchev–Trinajstić information content (AvgIpc) is 2.63. The Hall–Kier alpha value is -2.11. The molecule has 0 unspecified atom stereocenters. The fourth-order valence-electron chi connectivity index (χ4n) is 2.59. The van der Waals surface area contributed by atoms with E-state index in [9.17, 15) is 0 Å². The Morgan fingerprint density at radius 2 is 1.85 bits per heavy atom. The van der Waals surface area contributed by atoms with Crippen LogP contribution in [0.4, 0.5) is 0 Å². The lowest BCUT2D eigenvalue weighted by molar-refractivity contribution is 0.357. The zero-order valence-electron chi connectivity index (χ0n) is 16.0. The van der Waals surface area contributed by atoms with Crippen LogP contribution >= 0.6 is 0 Å². The Morgan fingerprint density at radius 1 is 1.15 bits per heavy atom. The van der Waals surface area contributed by atoms with E-state index in [1.54, 1.807) is 0 Å². The van der Waals surface area contributed by atoms with Crippen molar-refractivity contribution in [3.63, 3.8) is 0 Å². The van der Waals surface area contributed by atoms with Crippen molar-refractivity contribution >= 4 is 23.7 Å². The molecule has 0 atom stereocenters. The standard InChI is InChI=1S/C21H27N3OS/c1-5-24(4)12-11-18-13-16(3)19(14-15(18)2)25-21(26)23-20(22)17-9-7-6-8-10-17/h6-10,13-14H,5,11-12H2,1-4H3,(H2,22,23,26)/p+1. The monoisotopic (exact) mass is 370 g/mol. The molecule has 2 aromatic rings. The largest absolute Gasteiger partial charge is 0.414 e. The van der Waals surface area contributed by atoms with E-state index >= 15 is 0 Å². The van der Waals surface area contributed by atoms with Crippen LogP contribution in [0.15, 0.2) is 47.5 Å². The van der Waals surface area contributed by atoms with Crippen LogP contribution in [0.5, 0.6) is 5.75 Å². The van der Waals surface area contributed by atoms with Crippen molar-refractivity contribution in [1.29, 1.82) is 5.41 Å². The molecule has 0 fully saturated rings. The number of hydrogen-bond donors (Lipinski definition) is 1. The number of amidine groups is 1. The molecule has 2 rings (SSSR count). The van der Waals surface area contributed by atoms with E-state index in [1.165, 1.54) is 11.1 Å². The minimum Gasteiger partial charge on any atom is -0.402 e. The molecule has 0 aliphatic carbocycles. The van der Waals surface area contributed by atoms with Crippen molar-refractivity contribution in [2.75, 3.05) is 20.1 Å². The summed E-state index contributed by atoms with van der Waals surface area (Å²) in [6.07, 6.45) is 1.02. The number of rotatable bonds is 6. The van der Waals surface area contributed by atoms with Gasteiger partial charge in [-0.05, 0) is 56.6 Å². The molecule has 0 heterocycles. The van der Waals surface area contributed by atoms with E-state index in [0.717, 1.165) is 36.4 Å². The molecule has 0 aromatic heterocycles. The molecule has 0 aliphatic rings. The number of hydrogen-bond acceptors (Lipinski definition) is 3. The molecule has 2 aromatic carbocycles. The Kier molecular flexibility index (Phi) is 7.42. The Bertz CT molecular complexity index is 787. The van der Waals surface area contributed by atoms with Gasteiger partial charge in [0.1, 0.15) is 5.75 Å². The van der Waals surface area contributed by atoms with Gasteiger partial charge in [0, 0.05) is 12.1 Å². The van der Waals surface area contributed by atoms with Gasteiger partial charge in [-0.3, -0.25) is 5.41 Å². The van der Waals surface area contributed by atoms with Gasteiger partial charge in [0.15, 0.2) is 5.84 Å². The number of nitrogens with zero attached hydrogens (tertiary/aromatic N) is 2. The van der Waals surface area contributed by atoms with Gasteiger partial charge in [-0.1, -0.05) is 43.3 Å². The number of benzene rings is 2. The maximum Gasteiger partial charge on any atom is 0.414 e. The minimum atomic E-state index is 0.157. The highest BCUT2D eigenvalue weighted by molar-refractivity contribution is 7.77. The molecule has 0 bridgehead atoms. The van der Waals surface area contributed by atoms with Crippen molar-refractivity contribution in [2.45, 2.75) is 27.2 Å². The summed E-state index contributed by atoms with van der Waals surface area (Å²) in [5.74, 6) is 0.911. The van der Waals surface area contributed by atoms with Gasteiger partial charge in [-0.2, -0.15) is 0 Å². The lowest BCUT2D eigenvalue weighted by atomic mass is 10.0. The lowest BCUT2D eigenvalue weighted by Gasteiger charge is -2.16. The van der Waals surface area contributed by atoms with E-state index in [4.69, 9.17) is 10.1 Å². The zero-order valence-corrected chi connectivity index (χ0v) is 17.0.